The van der Waals surface area contributed by atoms with Crippen molar-refractivity contribution in [2.45, 2.75) is 39.7 Å². The Bertz CT molecular complexity index is 583. The number of hydrazine groups is 1. The van der Waals surface area contributed by atoms with Crippen molar-refractivity contribution in [3.05, 3.63) is 47.3 Å². The summed E-state index contributed by atoms with van der Waals surface area (Å²) in [4.78, 5) is 8.94. The minimum atomic E-state index is 0.274. The molecule has 0 saturated carbocycles. The maximum atomic E-state index is 5.53. The number of aromatic nitrogens is 2. The molecule has 1 atom stereocenters. The van der Waals surface area contributed by atoms with E-state index in [0.29, 0.717) is 5.82 Å². The zero-order valence-electron chi connectivity index (χ0n) is 12.9. The van der Waals surface area contributed by atoms with Crippen molar-refractivity contribution in [3.63, 3.8) is 0 Å². The van der Waals surface area contributed by atoms with Crippen LogP contribution in [0.2, 0.25) is 0 Å². The SMILES string of the molecule is CCc1nc(NN)c(C)c(NC(C)Cc2ccccc2)n1. The van der Waals surface area contributed by atoms with Crippen LogP contribution in [0.5, 0.6) is 0 Å². The van der Waals surface area contributed by atoms with Crippen LogP contribution in [0.3, 0.4) is 0 Å². The highest BCUT2D eigenvalue weighted by molar-refractivity contribution is 5.57. The standard InChI is InChI=1S/C16H23N5/c1-4-14-19-15(12(3)16(20-14)21-17)18-11(2)10-13-8-6-5-7-9-13/h5-9,11H,4,10,17H2,1-3H3,(H2,18,19,20,21). The topological polar surface area (TPSA) is 75.9 Å². The van der Waals surface area contributed by atoms with E-state index in [1.807, 2.05) is 19.9 Å². The van der Waals surface area contributed by atoms with Crippen LogP contribution in [0.15, 0.2) is 30.3 Å². The molecule has 5 nitrogen and oxygen atoms in total. The molecule has 112 valence electrons. The van der Waals surface area contributed by atoms with Gasteiger partial charge in [-0.1, -0.05) is 37.3 Å². The molecule has 0 spiro atoms. The van der Waals surface area contributed by atoms with Gasteiger partial charge in [-0.15, -0.1) is 0 Å². The Morgan fingerprint density at radius 2 is 1.81 bits per heavy atom. The second-order valence-electron chi connectivity index (χ2n) is 5.20. The van der Waals surface area contributed by atoms with Gasteiger partial charge >= 0.3 is 0 Å². The Morgan fingerprint density at radius 3 is 2.43 bits per heavy atom. The first kappa shape index (κ1) is 15.3. The third-order valence-corrected chi connectivity index (χ3v) is 3.41. The van der Waals surface area contributed by atoms with Gasteiger partial charge in [0.1, 0.15) is 17.5 Å². The minimum absolute atomic E-state index is 0.274. The summed E-state index contributed by atoms with van der Waals surface area (Å²) in [5.74, 6) is 7.83. The van der Waals surface area contributed by atoms with Crippen molar-refractivity contribution in [1.29, 1.82) is 0 Å². The van der Waals surface area contributed by atoms with Crippen LogP contribution in [0.4, 0.5) is 11.6 Å². The number of nitrogens with zero attached hydrogens (tertiary/aromatic N) is 2. The quantitative estimate of drug-likeness (QED) is 0.562. The summed E-state index contributed by atoms with van der Waals surface area (Å²) in [5, 5.41) is 3.46. The molecule has 0 aliphatic carbocycles. The van der Waals surface area contributed by atoms with Crippen molar-refractivity contribution in [3.8, 4) is 0 Å². The summed E-state index contributed by atoms with van der Waals surface area (Å²) < 4.78 is 0. The van der Waals surface area contributed by atoms with Gasteiger partial charge in [-0.2, -0.15) is 0 Å². The summed E-state index contributed by atoms with van der Waals surface area (Å²) in [6.45, 7) is 6.14. The van der Waals surface area contributed by atoms with E-state index in [9.17, 15) is 0 Å². The molecule has 21 heavy (non-hydrogen) atoms. The van der Waals surface area contributed by atoms with E-state index in [2.05, 4.69) is 51.9 Å². The number of benzene rings is 1. The fourth-order valence-corrected chi connectivity index (χ4v) is 2.25. The maximum absolute atomic E-state index is 5.53. The average molecular weight is 285 g/mol. The molecule has 0 radical (unpaired) electrons. The van der Waals surface area contributed by atoms with E-state index >= 15 is 0 Å². The van der Waals surface area contributed by atoms with Crippen LogP contribution in [0.1, 0.15) is 30.8 Å². The second-order valence-corrected chi connectivity index (χ2v) is 5.20. The molecule has 1 aromatic heterocycles. The first-order valence-corrected chi connectivity index (χ1v) is 7.28. The van der Waals surface area contributed by atoms with Crippen LogP contribution in [0, 0.1) is 6.92 Å². The molecule has 1 heterocycles. The predicted octanol–water partition coefficient (Wildman–Crippen LogP) is 2.68. The lowest BCUT2D eigenvalue weighted by Crippen LogP contribution is -2.21. The van der Waals surface area contributed by atoms with Crippen molar-refractivity contribution in [2.75, 3.05) is 10.7 Å². The van der Waals surface area contributed by atoms with Gasteiger partial charge in [0.05, 0.1) is 0 Å². The molecule has 2 aromatic rings. The molecule has 4 N–H and O–H groups in total. The fourth-order valence-electron chi connectivity index (χ4n) is 2.25. The summed E-state index contributed by atoms with van der Waals surface area (Å²) in [7, 11) is 0. The summed E-state index contributed by atoms with van der Waals surface area (Å²) in [6, 6.07) is 10.7. The Morgan fingerprint density at radius 1 is 1.14 bits per heavy atom. The van der Waals surface area contributed by atoms with Crippen LogP contribution in [0.25, 0.3) is 0 Å². The molecule has 0 fully saturated rings. The smallest absolute Gasteiger partial charge is 0.148 e. The van der Waals surface area contributed by atoms with Crippen LogP contribution in [-0.2, 0) is 12.8 Å². The van der Waals surface area contributed by atoms with E-state index < -0.39 is 0 Å². The summed E-state index contributed by atoms with van der Waals surface area (Å²) >= 11 is 0. The van der Waals surface area contributed by atoms with Crippen molar-refractivity contribution < 1.29 is 0 Å². The molecular formula is C16H23N5. The number of rotatable bonds is 6. The summed E-state index contributed by atoms with van der Waals surface area (Å²) in [5.41, 5.74) is 4.88. The van der Waals surface area contributed by atoms with E-state index in [1.54, 1.807) is 0 Å². The van der Waals surface area contributed by atoms with Crippen molar-refractivity contribution >= 4 is 11.6 Å². The minimum Gasteiger partial charge on any atom is -0.367 e. The van der Waals surface area contributed by atoms with Crippen molar-refractivity contribution in [1.82, 2.24) is 9.97 Å². The Kier molecular flexibility index (Phi) is 5.11. The van der Waals surface area contributed by atoms with E-state index in [1.165, 1.54) is 5.56 Å². The number of hydrogen-bond acceptors (Lipinski definition) is 5. The third kappa shape index (κ3) is 3.92. The first-order chi connectivity index (χ1) is 10.1. The summed E-state index contributed by atoms with van der Waals surface area (Å²) in [6.07, 6.45) is 1.72. The molecule has 0 aliphatic rings. The van der Waals surface area contributed by atoms with Gasteiger partial charge in [0.25, 0.3) is 0 Å². The molecule has 1 aromatic carbocycles. The molecule has 0 bridgehead atoms. The maximum Gasteiger partial charge on any atom is 0.148 e. The molecule has 0 aliphatic heterocycles. The van der Waals surface area contributed by atoms with E-state index in [0.717, 1.165) is 30.0 Å². The zero-order valence-corrected chi connectivity index (χ0v) is 12.9. The molecule has 2 rings (SSSR count). The highest BCUT2D eigenvalue weighted by Gasteiger charge is 2.12. The monoisotopic (exact) mass is 285 g/mol. The molecule has 1 unspecified atom stereocenters. The van der Waals surface area contributed by atoms with Gasteiger partial charge in [0, 0.05) is 18.0 Å². The van der Waals surface area contributed by atoms with Gasteiger partial charge in [0.15, 0.2) is 0 Å². The number of aryl methyl sites for hydroxylation is 1. The Balaban J connectivity index is 2.14. The largest absolute Gasteiger partial charge is 0.367 e. The van der Waals surface area contributed by atoms with E-state index in [4.69, 9.17) is 5.84 Å². The number of hydrogen-bond donors (Lipinski definition) is 3. The Hall–Kier alpha value is -2.14. The van der Waals surface area contributed by atoms with Gasteiger partial charge < -0.3 is 10.7 Å². The lowest BCUT2D eigenvalue weighted by molar-refractivity contribution is 0.777. The average Bonchev–Trinajstić information content (AvgIpc) is 2.50. The molecule has 5 heteroatoms. The van der Waals surface area contributed by atoms with Crippen LogP contribution >= 0.6 is 0 Å². The van der Waals surface area contributed by atoms with Crippen molar-refractivity contribution in [2.24, 2.45) is 5.84 Å². The second kappa shape index (κ2) is 7.04. The molecular weight excluding hydrogens is 262 g/mol. The van der Waals surface area contributed by atoms with Gasteiger partial charge in [0.2, 0.25) is 0 Å². The highest BCUT2D eigenvalue weighted by atomic mass is 15.3. The first-order valence-electron chi connectivity index (χ1n) is 7.28. The lowest BCUT2D eigenvalue weighted by atomic mass is 10.1. The van der Waals surface area contributed by atoms with Crippen LogP contribution in [-0.4, -0.2) is 16.0 Å². The molecule has 0 saturated heterocycles. The Labute approximate surface area is 126 Å². The normalized spacial score (nSPS) is 12.0. The number of nitrogens with one attached hydrogen (secondary N) is 2. The zero-order chi connectivity index (χ0) is 15.2. The van der Waals surface area contributed by atoms with E-state index in [-0.39, 0.29) is 6.04 Å². The predicted molar refractivity (Wildman–Crippen MR) is 87.2 cm³/mol. The number of nitrogens with two attached hydrogens (primary N) is 1. The van der Waals surface area contributed by atoms with Gasteiger partial charge in [-0.3, -0.25) is 0 Å². The van der Waals surface area contributed by atoms with Crippen LogP contribution < -0.4 is 16.6 Å². The molecule has 0 amide bonds. The van der Waals surface area contributed by atoms with Gasteiger partial charge in [-0.25, -0.2) is 15.8 Å². The lowest BCUT2D eigenvalue weighted by Gasteiger charge is -2.18. The number of nitrogen functional groups attached to an aromatic ring is 1. The third-order valence-electron chi connectivity index (χ3n) is 3.41. The van der Waals surface area contributed by atoms with Gasteiger partial charge in [-0.05, 0) is 25.8 Å². The fraction of sp³-hybridized carbons (Fsp3) is 0.375. The highest BCUT2D eigenvalue weighted by Crippen LogP contribution is 2.20. The number of anilines is 2.